The van der Waals surface area contributed by atoms with E-state index in [2.05, 4.69) is 9.80 Å². The van der Waals surface area contributed by atoms with Crippen molar-refractivity contribution in [3.63, 3.8) is 0 Å². The van der Waals surface area contributed by atoms with E-state index in [1.807, 2.05) is 6.92 Å². The van der Waals surface area contributed by atoms with Gasteiger partial charge in [0, 0.05) is 51.3 Å². The fraction of sp³-hybridized carbons (Fsp3) is 0.611. The van der Waals surface area contributed by atoms with Gasteiger partial charge in [-0.2, -0.15) is 0 Å². The minimum atomic E-state index is -0.550. The number of ketones is 1. The van der Waals surface area contributed by atoms with Gasteiger partial charge < -0.3 is 14.9 Å². The summed E-state index contributed by atoms with van der Waals surface area (Å²) < 4.78 is 5.61. The number of ether oxygens (including phenoxy) is 1. The predicted molar refractivity (Wildman–Crippen MR) is 92.5 cm³/mol. The van der Waals surface area contributed by atoms with Crippen molar-refractivity contribution < 1.29 is 19.7 Å². The molecule has 1 atom stereocenters. The van der Waals surface area contributed by atoms with E-state index in [4.69, 9.17) is 9.84 Å². The minimum Gasteiger partial charge on any atom is -0.491 e. The van der Waals surface area contributed by atoms with Gasteiger partial charge >= 0.3 is 0 Å². The summed E-state index contributed by atoms with van der Waals surface area (Å²) in [7, 11) is 0. The number of aliphatic hydroxyl groups is 2. The number of piperazine rings is 1. The Kier molecular flexibility index (Phi) is 7.65. The van der Waals surface area contributed by atoms with Crippen molar-refractivity contribution in [2.75, 3.05) is 52.5 Å². The molecule has 0 aromatic heterocycles. The van der Waals surface area contributed by atoms with Crippen LogP contribution >= 0.6 is 0 Å². The lowest BCUT2D eigenvalue weighted by Gasteiger charge is -2.35. The quantitative estimate of drug-likeness (QED) is 0.645. The second kappa shape index (κ2) is 9.74. The summed E-state index contributed by atoms with van der Waals surface area (Å²) in [5, 5.41) is 19.1. The van der Waals surface area contributed by atoms with E-state index in [1.54, 1.807) is 24.3 Å². The number of benzene rings is 1. The van der Waals surface area contributed by atoms with Gasteiger partial charge in [-0.05, 0) is 24.3 Å². The van der Waals surface area contributed by atoms with Crippen LogP contribution in [0.1, 0.15) is 23.7 Å². The average Bonchev–Trinajstić information content (AvgIpc) is 2.61. The molecule has 6 nitrogen and oxygen atoms in total. The zero-order valence-electron chi connectivity index (χ0n) is 14.4. The van der Waals surface area contributed by atoms with Gasteiger partial charge in [0.2, 0.25) is 0 Å². The van der Waals surface area contributed by atoms with Crippen LogP contribution in [0.15, 0.2) is 24.3 Å². The number of rotatable bonds is 9. The van der Waals surface area contributed by atoms with Crippen molar-refractivity contribution in [1.29, 1.82) is 0 Å². The van der Waals surface area contributed by atoms with Gasteiger partial charge in [0.15, 0.2) is 5.78 Å². The van der Waals surface area contributed by atoms with E-state index in [0.717, 1.165) is 32.7 Å². The molecule has 2 N–H and O–H groups in total. The molecule has 24 heavy (non-hydrogen) atoms. The van der Waals surface area contributed by atoms with Gasteiger partial charge in [0.25, 0.3) is 0 Å². The van der Waals surface area contributed by atoms with Crippen LogP contribution in [0.3, 0.4) is 0 Å². The maximum atomic E-state index is 11.6. The van der Waals surface area contributed by atoms with E-state index in [-0.39, 0.29) is 19.0 Å². The average molecular weight is 336 g/mol. The van der Waals surface area contributed by atoms with E-state index >= 15 is 0 Å². The van der Waals surface area contributed by atoms with E-state index in [9.17, 15) is 9.90 Å². The highest BCUT2D eigenvalue weighted by Crippen LogP contribution is 2.14. The standard InChI is InChI=1S/C18H28N2O4/c1-2-18(23)15-3-5-17(6-4-15)24-14-16(22)13-20-9-7-19(8-10-20)11-12-21/h3-6,16,21-22H,2,7-14H2,1H3. The number of nitrogens with zero attached hydrogens (tertiary/aromatic N) is 2. The van der Waals surface area contributed by atoms with Crippen molar-refractivity contribution in [2.45, 2.75) is 19.4 Å². The lowest BCUT2D eigenvalue weighted by molar-refractivity contribution is 0.0428. The maximum absolute atomic E-state index is 11.6. The zero-order chi connectivity index (χ0) is 17.4. The SMILES string of the molecule is CCC(=O)c1ccc(OCC(O)CN2CCN(CCO)CC2)cc1. The largest absolute Gasteiger partial charge is 0.491 e. The molecule has 0 amide bonds. The first-order valence-corrected chi connectivity index (χ1v) is 8.62. The zero-order valence-corrected chi connectivity index (χ0v) is 14.4. The number of Topliss-reactive ketones (excluding diaryl/α,β-unsaturated/α-hetero) is 1. The lowest BCUT2D eigenvalue weighted by atomic mass is 10.1. The van der Waals surface area contributed by atoms with Crippen LogP contribution in [-0.4, -0.2) is 84.4 Å². The highest BCUT2D eigenvalue weighted by atomic mass is 16.5. The Morgan fingerprint density at radius 1 is 1.17 bits per heavy atom. The summed E-state index contributed by atoms with van der Waals surface area (Å²) in [6, 6.07) is 7.05. The molecule has 1 aliphatic rings. The van der Waals surface area contributed by atoms with Crippen LogP contribution < -0.4 is 4.74 Å². The van der Waals surface area contributed by atoms with Crippen molar-refractivity contribution in [1.82, 2.24) is 9.80 Å². The highest BCUT2D eigenvalue weighted by Gasteiger charge is 2.19. The van der Waals surface area contributed by atoms with Crippen LogP contribution in [0.4, 0.5) is 0 Å². The summed E-state index contributed by atoms with van der Waals surface area (Å²) in [6.07, 6.45) is -0.0591. The van der Waals surface area contributed by atoms with Crippen molar-refractivity contribution >= 4 is 5.78 Å². The molecule has 1 aromatic carbocycles. The summed E-state index contributed by atoms with van der Waals surface area (Å²) in [5.74, 6) is 0.774. The number of carbonyl (C=O) groups is 1. The number of hydrogen-bond donors (Lipinski definition) is 2. The molecular formula is C18H28N2O4. The minimum absolute atomic E-state index is 0.113. The lowest BCUT2D eigenvalue weighted by Crippen LogP contribution is -2.49. The van der Waals surface area contributed by atoms with Gasteiger partial charge in [-0.15, -0.1) is 0 Å². The molecule has 0 aliphatic carbocycles. The van der Waals surface area contributed by atoms with E-state index in [0.29, 0.717) is 24.3 Å². The third-order valence-corrected chi connectivity index (χ3v) is 4.29. The van der Waals surface area contributed by atoms with Gasteiger partial charge in [0.05, 0.1) is 6.61 Å². The van der Waals surface area contributed by atoms with Gasteiger partial charge in [-0.25, -0.2) is 0 Å². The first-order valence-electron chi connectivity index (χ1n) is 8.62. The number of aliphatic hydroxyl groups excluding tert-OH is 2. The number of hydrogen-bond acceptors (Lipinski definition) is 6. The van der Waals surface area contributed by atoms with Crippen LogP contribution in [-0.2, 0) is 0 Å². The Morgan fingerprint density at radius 2 is 1.79 bits per heavy atom. The normalized spacial score (nSPS) is 17.6. The Balaban J connectivity index is 1.69. The Hall–Kier alpha value is -1.47. The van der Waals surface area contributed by atoms with Gasteiger partial charge in [0.1, 0.15) is 18.5 Å². The molecule has 1 heterocycles. The first-order chi connectivity index (χ1) is 11.6. The molecule has 1 fully saturated rings. The molecule has 6 heteroatoms. The molecule has 0 spiro atoms. The van der Waals surface area contributed by atoms with E-state index < -0.39 is 6.10 Å². The third-order valence-electron chi connectivity index (χ3n) is 4.29. The van der Waals surface area contributed by atoms with Gasteiger partial charge in [-0.3, -0.25) is 14.6 Å². The molecule has 1 unspecified atom stereocenters. The maximum Gasteiger partial charge on any atom is 0.162 e. The molecule has 1 aliphatic heterocycles. The molecule has 0 saturated carbocycles. The monoisotopic (exact) mass is 336 g/mol. The second-order valence-corrected chi connectivity index (χ2v) is 6.13. The second-order valence-electron chi connectivity index (χ2n) is 6.13. The summed E-state index contributed by atoms with van der Waals surface area (Å²) in [5.41, 5.74) is 0.686. The van der Waals surface area contributed by atoms with E-state index in [1.165, 1.54) is 0 Å². The fourth-order valence-electron chi connectivity index (χ4n) is 2.82. The van der Waals surface area contributed by atoms with Crippen molar-refractivity contribution in [2.24, 2.45) is 0 Å². The number of carbonyl (C=O) groups excluding carboxylic acids is 1. The number of β-amino-alcohol motifs (C(OH)–C–C–N with tert-alkyl or cyclic N) is 2. The van der Waals surface area contributed by atoms with Gasteiger partial charge in [-0.1, -0.05) is 6.92 Å². The van der Waals surface area contributed by atoms with Crippen LogP contribution in [0.2, 0.25) is 0 Å². The van der Waals surface area contributed by atoms with Crippen LogP contribution in [0.25, 0.3) is 0 Å². The smallest absolute Gasteiger partial charge is 0.162 e. The topological polar surface area (TPSA) is 73.2 Å². The highest BCUT2D eigenvalue weighted by molar-refractivity contribution is 5.95. The summed E-state index contributed by atoms with van der Waals surface area (Å²) in [6.45, 7) is 7.19. The summed E-state index contributed by atoms with van der Waals surface area (Å²) in [4.78, 5) is 16.0. The molecule has 1 aromatic rings. The Labute approximate surface area is 143 Å². The molecule has 134 valence electrons. The molecule has 1 saturated heterocycles. The molecule has 0 bridgehead atoms. The van der Waals surface area contributed by atoms with Crippen LogP contribution in [0, 0.1) is 0 Å². The van der Waals surface area contributed by atoms with Crippen LogP contribution in [0.5, 0.6) is 5.75 Å². The summed E-state index contributed by atoms with van der Waals surface area (Å²) >= 11 is 0. The van der Waals surface area contributed by atoms with Crippen molar-refractivity contribution in [3.8, 4) is 5.75 Å². The third kappa shape index (κ3) is 5.87. The fourth-order valence-corrected chi connectivity index (χ4v) is 2.82. The van der Waals surface area contributed by atoms with Crippen molar-refractivity contribution in [3.05, 3.63) is 29.8 Å². The first kappa shape index (κ1) is 18.9. The Morgan fingerprint density at radius 3 is 2.38 bits per heavy atom. The predicted octanol–water partition coefficient (Wildman–Crippen LogP) is 0.629. The Bertz CT molecular complexity index is 498. The molecular weight excluding hydrogens is 308 g/mol. The molecule has 0 radical (unpaired) electrons. The molecule has 2 rings (SSSR count).